The summed E-state index contributed by atoms with van der Waals surface area (Å²) >= 11 is 1.75. The van der Waals surface area contributed by atoms with Crippen molar-refractivity contribution < 1.29 is 9.84 Å². The predicted molar refractivity (Wildman–Crippen MR) is 122 cm³/mol. The summed E-state index contributed by atoms with van der Waals surface area (Å²) in [4.78, 5) is 5.70. The zero-order valence-electron chi connectivity index (χ0n) is 17.5. The molecule has 1 aliphatic rings. The van der Waals surface area contributed by atoms with E-state index in [0.29, 0.717) is 6.04 Å². The number of methoxy groups -OCH3 is 1. The van der Waals surface area contributed by atoms with Gasteiger partial charge < -0.3 is 15.2 Å². The summed E-state index contributed by atoms with van der Waals surface area (Å²) in [6.45, 7) is 4.20. The molecule has 0 bridgehead atoms. The van der Waals surface area contributed by atoms with E-state index in [1.807, 2.05) is 22.8 Å². The van der Waals surface area contributed by atoms with E-state index in [-0.39, 0.29) is 6.10 Å². The van der Waals surface area contributed by atoms with Gasteiger partial charge in [0.05, 0.1) is 24.3 Å². The first kappa shape index (κ1) is 19.3. The third-order valence-corrected chi connectivity index (χ3v) is 7.33. The molecular weight excluding hydrogens is 396 g/mol. The fourth-order valence-electron chi connectivity index (χ4n) is 4.49. The first-order valence-corrected chi connectivity index (χ1v) is 11.2. The third kappa shape index (κ3) is 3.32. The maximum Gasteiger partial charge on any atom is 0.154 e. The molecule has 156 valence electrons. The van der Waals surface area contributed by atoms with E-state index in [9.17, 15) is 5.11 Å². The molecule has 7 heteroatoms. The molecule has 0 atom stereocenters. The van der Waals surface area contributed by atoms with Crippen LogP contribution in [0.15, 0.2) is 30.5 Å². The van der Waals surface area contributed by atoms with Crippen molar-refractivity contribution in [3.8, 4) is 16.3 Å². The van der Waals surface area contributed by atoms with E-state index in [1.54, 1.807) is 18.4 Å². The van der Waals surface area contributed by atoms with Crippen LogP contribution in [0.2, 0.25) is 0 Å². The molecule has 1 saturated carbocycles. The van der Waals surface area contributed by atoms with Crippen molar-refractivity contribution in [2.45, 2.75) is 51.7 Å². The highest BCUT2D eigenvalue weighted by molar-refractivity contribution is 7.22. The van der Waals surface area contributed by atoms with Crippen LogP contribution in [0.3, 0.4) is 0 Å². The Bertz CT molecular complexity index is 1220. The number of imidazole rings is 1. The van der Waals surface area contributed by atoms with Gasteiger partial charge in [0.1, 0.15) is 17.3 Å². The molecule has 1 aromatic carbocycles. The molecule has 1 aliphatic carbocycles. The molecule has 3 aromatic heterocycles. The Labute approximate surface area is 179 Å². The molecular formula is C23H26N4O2S. The van der Waals surface area contributed by atoms with E-state index in [2.05, 4.69) is 36.3 Å². The first-order valence-electron chi connectivity index (χ1n) is 10.4. The number of aromatic nitrogens is 3. The van der Waals surface area contributed by atoms with Crippen LogP contribution in [-0.4, -0.2) is 39.0 Å². The number of hydrogen-bond donors (Lipinski definition) is 2. The van der Waals surface area contributed by atoms with Crippen molar-refractivity contribution in [2.75, 3.05) is 12.4 Å². The second-order valence-electron chi connectivity index (χ2n) is 8.16. The smallest absolute Gasteiger partial charge is 0.154 e. The number of aryl methyl sites for hydroxylation is 2. The average molecular weight is 423 g/mol. The van der Waals surface area contributed by atoms with Crippen LogP contribution in [0, 0.1) is 13.8 Å². The van der Waals surface area contributed by atoms with Gasteiger partial charge in [0.15, 0.2) is 5.65 Å². The lowest BCUT2D eigenvalue weighted by Crippen LogP contribution is -2.28. The minimum absolute atomic E-state index is 0.155. The molecule has 5 rings (SSSR count). The number of ether oxygens (including phenoxy) is 1. The van der Waals surface area contributed by atoms with E-state index in [0.717, 1.165) is 59.0 Å². The summed E-state index contributed by atoms with van der Waals surface area (Å²) in [6.07, 6.45) is 5.37. The Morgan fingerprint density at radius 1 is 1.17 bits per heavy atom. The highest BCUT2D eigenvalue weighted by Crippen LogP contribution is 2.40. The number of rotatable bonds is 4. The van der Waals surface area contributed by atoms with Crippen LogP contribution in [-0.2, 0) is 0 Å². The van der Waals surface area contributed by atoms with Crippen molar-refractivity contribution >= 4 is 32.9 Å². The van der Waals surface area contributed by atoms with Crippen molar-refractivity contribution in [1.82, 2.24) is 14.6 Å². The molecule has 0 spiro atoms. The molecule has 0 aliphatic heterocycles. The summed E-state index contributed by atoms with van der Waals surface area (Å²) < 4.78 is 8.76. The van der Waals surface area contributed by atoms with E-state index < -0.39 is 0 Å². The van der Waals surface area contributed by atoms with Crippen LogP contribution < -0.4 is 10.1 Å². The van der Waals surface area contributed by atoms with Gasteiger partial charge in [0.25, 0.3) is 0 Å². The molecule has 6 nitrogen and oxygen atoms in total. The van der Waals surface area contributed by atoms with Crippen LogP contribution in [0.25, 0.3) is 26.3 Å². The van der Waals surface area contributed by atoms with Gasteiger partial charge in [-0.05, 0) is 74.7 Å². The molecule has 0 unspecified atom stereocenters. The highest BCUT2D eigenvalue weighted by Gasteiger charge is 2.20. The fourth-order valence-corrected chi connectivity index (χ4v) is 5.62. The zero-order valence-corrected chi connectivity index (χ0v) is 18.3. The lowest BCUT2D eigenvalue weighted by Gasteiger charge is -2.26. The number of thiophene rings is 1. The average Bonchev–Trinajstić information content (AvgIpc) is 3.34. The van der Waals surface area contributed by atoms with Crippen LogP contribution in [0.1, 0.15) is 36.8 Å². The van der Waals surface area contributed by atoms with Crippen molar-refractivity contribution in [3.63, 3.8) is 0 Å². The van der Waals surface area contributed by atoms with Crippen molar-refractivity contribution in [3.05, 3.63) is 41.6 Å². The number of hydrogen-bond acceptors (Lipinski definition) is 6. The van der Waals surface area contributed by atoms with Gasteiger partial charge in [-0.3, -0.25) is 0 Å². The number of benzene rings is 1. The van der Waals surface area contributed by atoms with Crippen molar-refractivity contribution in [1.29, 1.82) is 0 Å². The summed E-state index contributed by atoms with van der Waals surface area (Å²) in [5, 5.41) is 19.3. The first-order chi connectivity index (χ1) is 14.5. The Morgan fingerprint density at radius 3 is 2.73 bits per heavy atom. The summed E-state index contributed by atoms with van der Waals surface area (Å²) in [5.41, 5.74) is 4.14. The van der Waals surface area contributed by atoms with Gasteiger partial charge in [-0.25, -0.2) is 9.50 Å². The number of aliphatic hydroxyl groups is 1. The van der Waals surface area contributed by atoms with Crippen LogP contribution in [0.5, 0.6) is 5.75 Å². The van der Waals surface area contributed by atoms with Crippen LogP contribution >= 0.6 is 11.3 Å². The Morgan fingerprint density at radius 2 is 1.97 bits per heavy atom. The molecule has 4 aromatic rings. The minimum atomic E-state index is -0.155. The zero-order chi connectivity index (χ0) is 20.8. The minimum Gasteiger partial charge on any atom is -0.496 e. The maximum absolute atomic E-state index is 9.74. The number of nitrogens with one attached hydrogen (secondary N) is 1. The van der Waals surface area contributed by atoms with Crippen LogP contribution in [0.4, 0.5) is 5.82 Å². The van der Waals surface area contributed by atoms with Gasteiger partial charge in [-0.1, -0.05) is 0 Å². The summed E-state index contributed by atoms with van der Waals surface area (Å²) in [6, 6.07) is 8.74. The van der Waals surface area contributed by atoms with Gasteiger partial charge in [-0.15, -0.1) is 16.4 Å². The number of fused-ring (bicyclic) bond motifs is 2. The maximum atomic E-state index is 9.74. The van der Waals surface area contributed by atoms with E-state index in [4.69, 9.17) is 9.84 Å². The molecule has 2 N–H and O–H groups in total. The normalized spacial score (nSPS) is 19.5. The number of nitrogens with zero attached hydrogens (tertiary/aromatic N) is 3. The predicted octanol–water partition coefficient (Wildman–Crippen LogP) is 4.95. The third-order valence-electron chi connectivity index (χ3n) is 6.04. The Hall–Kier alpha value is -2.64. The second-order valence-corrected chi connectivity index (χ2v) is 9.21. The number of aliphatic hydroxyl groups excluding tert-OH is 1. The monoisotopic (exact) mass is 422 g/mol. The second kappa shape index (κ2) is 7.56. The summed E-state index contributed by atoms with van der Waals surface area (Å²) in [7, 11) is 1.73. The van der Waals surface area contributed by atoms with Crippen molar-refractivity contribution in [2.24, 2.45) is 0 Å². The van der Waals surface area contributed by atoms with Gasteiger partial charge in [-0.2, -0.15) is 0 Å². The SMILES string of the molecule is COc1c(C)cc2cc(-c3cnc4ccc(NC5CCC(O)CC5)nn34)sc2c1C. The van der Waals surface area contributed by atoms with E-state index in [1.165, 1.54) is 15.6 Å². The molecule has 1 fully saturated rings. The quantitative estimate of drug-likeness (QED) is 0.487. The topological polar surface area (TPSA) is 71.7 Å². The highest BCUT2D eigenvalue weighted by atomic mass is 32.1. The standard InChI is InChI=1S/C23H26N4O2S/c1-13-10-15-11-19(30-23(15)14(2)22(13)29-3)18-12-24-21-9-8-20(26-27(18)21)25-16-4-6-17(28)7-5-16/h8-12,16-17,28H,4-7H2,1-3H3,(H,25,26). The van der Waals surface area contributed by atoms with Gasteiger partial charge in [0.2, 0.25) is 0 Å². The Kier molecular flexibility index (Phi) is 4.87. The molecule has 0 saturated heterocycles. The molecule has 30 heavy (non-hydrogen) atoms. The van der Waals surface area contributed by atoms with Gasteiger partial charge >= 0.3 is 0 Å². The molecule has 0 radical (unpaired) electrons. The Balaban J connectivity index is 1.52. The number of anilines is 1. The fraction of sp³-hybridized carbons (Fsp3) is 0.391. The van der Waals surface area contributed by atoms with E-state index >= 15 is 0 Å². The lowest BCUT2D eigenvalue weighted by atomic mass is 9.93. The largest absolute Gasteiger partial charge is 0.496 e. The van der Waals surface area contributed by atoms with Gasteiger partial charge in [0, 0.05) is 16.3 Å². The lowest BCUT2D eigenvalue weighted by molar-refractivity contribution is 0.126. The summed E-state index contributed by atoms with van der Waals surface area (Å²) in [5.74, 6) is 1.80. The molecule has 3 heterocycles. The molecule has 0 amide bonds.